The summed E-state index contributed by atoms with van der Waals surface area (Å²) in [5.41, 5.74) is 1.39. The summed E-state index contributed by atoms with van der Waals surface area (Å²) in [5, 5.41) is 2.81. The van der Waals surface area contributed by atoms with Crippen LogP contribution in [0.3, 0.4) is 0 Å². The van der Waals surface area contributed by atoms with Crippen molar-refractivity contribution in [2.45, 2.75) is 31.6 Å². The lowest BCUT2D eigenvalue weighted by Crippen LogP contribution is -2.47. The molecule has 1 aromatic carbocycles. The molecule has 1 atom stereocenters. The number of amides is 1. The molecule has 1 unspecified atom stereocenters. The van der Waals surface area contributed by atoms with Crippen LogP contribution in [0.5, 0.6) is 5.88 Å². The lowest BCUT2D eigenvalue weighted by Gasteiger charge is -2.33. The number of aromatic nitrogens is 1. The molecular weight excluding hydrogens is 407 g/mol. The highest BCUT2D eigenvalue weighted by Gasteiger charge is 2.29. The van der Waals surface area contributed by atoms with E-state index in [0.717, 1.165) is 32.1 Å². The van der Waals surface area contributed by atoms with Crippen LogP contribution in [-0.2, 0) is 6.54 Å². The van der Waals surface area contributed by atoms with Crippen molar-refractivity contribution in [1.29, 1.82) is 0 Å². The molecule has 0 saturated carbocycles. The van der Waals surface area contributed by atoms with Crippen LogP contribution in [0.4, 0.5) is 13.2 Å². The van der Waals surface area contributed by atoms with E-state index in [1.165, 1.54) is 11.6 Å². The Balaban J connectivity index is 1.56. The molecule has 29 heavy (non-hydrogen) atoms. The molecule has 2 aromatic rings. The topological polar surface area (TPSA) is 54.5 Å². The van der Waals surface area contributed by atoms with Crippen molar-refractivity contribution in [3.05, 3.63) is 58.7 Å². The number of rotatable bonds is 6. The first kappa shape index (κ1) is 21.4. The van der Waals surface area contributed by atoms with E-state index in [4.69, 9.17) is 11.6 Å². The molecule has 2 heterocycles. The lowest BCUT2D eigenvalue weighted by molar-refractivity contribution is -0.154. The fraction of sp³-hybridized carbons (Fsp3) is 0.400. The summed E-state index contributed by atoms with van der Waals surface area (Å²) in [7, 11) is 0. The van der Waals surface area contributed by atoms with Crippen LogP contribution in [0.15, 0.2) is 42.6 Å². The minimum atomic E-state index is -4.49. The predicted octanol–water partition coefficient (Wildman–Crippen LogP) is 4.07. The Morgan fingerprint density at radius 1 is 1.31 bits per heavy atom. The van der Waals surface area contributed by atoms with Gasteiger partial charge in [0.15, 0.2) is 6.61 Å². The van der Waals surface area contributed by atoms with Gasteiger partial charge in [-0.3, -0.25) is 9.69 Å². The van der Waals surface area contributed by atoms with Gasteiger partial charge >= 0.3 is 6.18 Å². The summed E-state index contributed by atoms with van der Waals surface area (Å²) in [4.78, 5) is 18.5. The van der Waals surface area contributed by atoms with Gasteiger partial charge in [0.1, 0.15) is 5.02 Å². The summed E-state index contributed by atoms with van der Waals surface area (Å²) in [6, 6.07) is 11.3. The number of hydrogen-bond acceptors (Lipinski definition) is 4. The highest BCUT2D eigenvalue weighted by Crippen LogP contribution is 2.25. The van der Waals surface area contributed by atoms with E-state index in [0.29, 0.717) is 6.54 Å². The minimum Gasteiger partial charge on any atom is -0.467 e. The number of pyridine rings is 1. The van der Waals surface area contributed by atoms with Crippen molar-refractivity contribution < 1.29 is 22.7 Å². The quantitative estimate of drug-likeness (QED) is 0.755. The van der Waals surface area contributed by atoms with E-state index in [1.807, 2.05) is 18.2 Å². The van der Waals surface area contributed by atoms with Crippen molar-refractivity contribution in [1.82, 2.24) is 15.2 Å². The molecule has 0 radical (unpaired) electrons. The van der Waals surface area contributed by atoms with Crippen LogP contribution in [0, 0.1) is 0 Å². The van der Waals surface area contributed by atoms with Gasteiger partial charge in [0.2, 0.25) is 5.88 Å². The maximum atomic E-state index is 12.5. The Bertz CT molecular complexity index is 833. The molecule has 1 fully saturated rings. The standard InChI is InChI=1S/C20H21ClF3N3O2/c21-17-9-15(10-25-19(17)29-13-20(22,23)24)18(28)26-16-7-4-8-27(12-16)11-14-5-2-1-3-6-14/h1-3,5-6,9-10,16H,4,7-8,11-13H2,(H,26,28). The van der Waals surface area contributed by atoms with Gasteiger partial charge < -0.3 is 10.1 Å². The van der Waals surface area contributed by atoms with Gasteiger partial charge in [-0.05, 0) is 31.0 Å². The van der Waals surface area contributed by atoms with Crippen LogP contribution < -0.4 is 10.1 Å². The van der Waals surface area contributed by atoms with E-state index < -0.39 is 12.8 Å². The fourth-order valence-electron chi connectivity index (χ4n) is 3.23. The first-order valence-corrected chi connectivity index (χ1v) is 9.60. The second-order valence-corrected chi connectivity index (χ2v) is 7.36. The average Bonchev–Trinajstić information content (AvgIpc) is 2.67. The molecule has 1 saturated heterocycles. The number of piperidine rings is 1. The number of alkyl halides is 3. The van der Waals surface area contributed by atoms with Gasteiger partial charge in [0, 0.05) is 25.3 Å². The van der Waals surface area contributed by atoms with Crippen LogP contribution in [0.2, 0.25) is 5.02 Å². The molecule has 1 N–H and O–H groups in total. The van der Waals surface area contributed by atoms with Crippen molar-refractivity contribution in [3.63, 3.8) is 0 Å². The summed E-state index contributed by atoms with van der Waals surface area (Å²) in [6.07, 6.45) is -1.52. The number of benzene rings is 1. The van der Waals surface area contributed by atoms with Gasteiger partial charge in [0.25, 0.3) is 5.91 Å². The molecule has 1 amide bonds. The zero-order valence-electron chi connectivity index (χ0n) is 15.6. The normalized spacial score (nSPS) is 17.7. The molecule has 0 bridgehead atoms. The molecule has 3 rings (SSSR count). The van der Waals surface area contributed by atoms with Crippen LogP contribution in [0.25, 0.3) is 0 Å². The van der Waals surface area contributed by atoms with Crippen LogP contribution >= 0.6 is 11.6 Å². The number of hydrogen-bond donors (Lipinski definition) is 1. The zero-order valence-corrected chi connectivity index (χ0v) is 16.3. The van der Waals surface area contributed by atoms with Crippen molar-refractivity contribution in [2.75, 3.05) is 19.7 Å². The second-order valence-electron chi connectivity index (χ2n) is 6.95. The predicted molar refractivity (Wildman–Crippen MR) is 103 cm³/mol. The summed E-state index contributed by atoms with van der Waals surface area (Å²) in [5.74, 6) is -0.722. The number of likely N-dealkylation sites (tertiary alicyclic amines) is 1. The Morgan fingerprint density at radius 3 is 2.76 bits per heavy atom. The molecule has 0 aliphatic carbocycles. The SMILES string of the molecule is O=C(NC1CCCN(Cc2ccccc2)C1)c1cnc(OCC(F)(F)F)c(Cl)c1. The Labute approximate surface area is 171 Å². The summed E-state index contributed by atoms with van der Waals surface area (Å²) in [6.45, 7) is 0.991. The molecule has 1 aliphatic rings. The highest BCUT2D eigenvalue weighted by atomic mass is 35.5. The van der Waals surface area contributed by atoms with E-state index >= 15 is 0 Å². The molecule has 0 spiro atoms. The Kier molecular flexibility index (Phi) is 6.97. The maximum Gasteiger partial charge on any atom is 0.422 e. The fourth-order valence-corrected chi connectivity index (χ4v) is 3.45. The molecule has 1 aliphatic heterocycles. The number of carbonyl (C=O) groups is 1. The summed E-state index contributed by atoms with van der Waals surface area (Å²) >= 11 is 5.92. The van der Waals surface area contributed by atoms with Gasteiger partial charge in [-0.2, -0.15) is 13.2 Å². The molecule has 9 heteroatoms. The molecular formula is C20H21ClF3N3O2. The zero-order chi connectivity index (χ0) is 20.9. The van der Waals surface area contributed by atoms with E-state index in [1.54, 1.807) is 0 Å². The van der Waals surface area contributed by atoms with Gasteiger partial charge in [-0.1, -0.05) is 41.9 Å². The average molecular weight is 428 g/mol. The number of nitrogens with zero attached hydrogens (tertiary/aromatic N) is 2. The smallest absolute Gasteiger partial charge is 0.422 e. The molecule has 1 aromatic heterocycles. The number of carbonyl (C=O) groups excluding carboxylic acids is 1. The van der Waals surface area contributed by atoms with Crippen LogP contribution in [-0.4, -0.2) is 47.7 Å². The highest BCUT2D eigenvalue weighted by molar-refractivity contribution is 6.32. The summed E-state index contributed by atoms with van der Waals surface area (Å²) < 4.78 is 41.3. The van der Waals surface area contributed by atoms with Crippen molar-refractivity contribution in [2.24, 2.45) is 0 Å². The number of ether oxygens (including phenoxy) is 1. The molecule has 156 valence electrons. The third kappa shape index (κ3) is 6.61. The second kappa shape index (κ2) is 9.45. The van der Waals surface area contributed by atoms with E-state index in [9.17, 15) is 18.0 Å². The first-order valence-electron chi connectivity index (χ1n) is 9.22. The van der Waals surface area contributed by atoms with E-state index in [2.05, 4.69) is 32.1 Å². The van der Waals surface area contributed by atoms with Gasteiger partial charge in [0.05, 0.1) is 5.56 Å². The third-order valence-electron chi connectivity index (χ3n) is 4.53. The monoisotopic (exact) mass is 427 g/mol. The minimum absolute atomic E-state index is 0.0279. The Morgan fingerprint density at radius 2 is 2.07 bits per heavy atom. The van der Waals surface area contributed by atoms with Crippen molar-refractivity contribution >= 4 is 17.5 Å². The number of halogens is 4. The van der Waals surface area contributed by atoms with Gasteiger partial charge in [-0.15, -0.1) is 0 Å². The largest absolute Gasteiger partial charge is 0.467 e. The third-order valence-corrected chi connectivity index (χ3v) is 4.80. The number of nitrogens with one attached hydrogen (secondary N) is 1. The lowest BCUT2D eigenvalue weighted by atomic mass is 10.0. The van der Waals surface area contributed by atoms with E-state index in [-0.39, 0.29) is 28.4 Å². The van der Waals surface area contributed by atoms with Gasteiger partial charge in [-0.25, -0.2) is 4.98 Å². The van der Waals surface area contributed by atoms with Crippen LogP contribution in [0.1, 0.15) is 28.8 Å². The van der Waals surface area contributed by atoms with Crippen molar-refractivity contribution in [3.8, 4) is 5.88 Å². The Hall–Kier alpha value is -2.32. The first-order chi connectivity index (χ1) is 13.8. The maximum absolute atomic E-state index is 12.5. The molecule has 5 nitrogen and oxygen atoms in total.